The summed E-state index contributed by atoms with van der Waals surface area (Å²) in [7, 11) is 1.08. The first-order chi connectivity index (χ1) is 14.1. The fourth-order valence-electron chi connectivity index (χ4n) is 3.03. The van der Waals surface area contributed by atoms with Gasteiger partial charge in [0.2, 0.25) is 0 Å². The Morgan fingerprint density at radius 1 is 1.30 bits per heavy atom. The zero-order chi connectivity index (χ0) is 22.4. The van der Waals surface area contributed by atoms with Gasteiger partial charge in [0.1, 0.15) is 18.3 Å². The Kier molecular flexibility index (Phi) is 7.84. The van der Waals surface area contributed by atoms with Crippen molar-refractivity contribution in [1.29, 1.82) is 0 Å². The third-order valence-electron chi connectivity index (χ3n) is 4.61. The third-order valence-corrected chi connectivity index (χ3v) is 4.61. The van der Waals surface area contributed by atoms with Gasteiger partial charge in [-0.05, 0) is 6.07 Å². The molecule has 1 fully saturated rings. The molecule has 0 radical (unpaired) electrons. The molecule has 1 aliphatic heterocycles. The van der Waals surface area contributed by atoms with Gasteiger partial charge in [-0.15, -0.1) is 0 Å². The minimum absolute atomic E-state index is 0.0157. The first-order valence-electron chi connectivity index (χ1n) is 9.12. The minimum atomic E-state index is -1.64. The molecule has 0 amide bonds. The van der Waals surface area contributed by atoms with Crippen molar-refractivity contribution in [1.82, 2.24) is 0 Å². The Morgan fingerprint density at radius 3 is 2.60 bits per heavy atom. The molecule has 164 valence electrons. The fourth-order valence-corrected chi connectivity index (χ4v) is 3.03. The largest absolute Gasteiger partial charge is 0.477 e. The molecule has 1 aliphatic rings. The molecule has 2 N–H and O–H groups in total. The SMILES string of the molecule is COC(=O)[C@@H](O)CC(=O)OC[C@H]1O[C@@H]([n+]2cccc(C(=O)O)c2)[C@H](OC(C)=O)[C@@H]1C. The van der Waals surface area contributed by atoms with Gasteiger partial charge in [-0.3, -0.25) is 9.59 Å². The molecule has 0 bridgehead atoms. The van der Waals surface area contributed by atoms with Crippen LogP contribution < -0.4 is 4.57 Å². The summed E-state index contributed by atoms with van der Waals surface area (Å²) in [5.74, 6) is -3.87. The number of hydrogen-bond acceptors (Lipinski definition) is 9. The van der Waals surface area contributed by atoms with E-state index in [9.17, 15) is 29.4 Å². The number of methoxy groups -OCH3 is 1. The van der Waals surface area contributed by atoms with Gasteiger partial charge in [-0.25, -0.2) is 9.59 Å². The highest BCUT2D eigenvalue weighted by Crippen LogP contribution is 2.33. The van der Waals surface area contributed by atoms with Gasteiger partial charge in [0.05, 0.1) is 13.5 Å². The number of rotatable bonds is 8. The second-order valence-corrected chi connectivity index (χ2v) is 6.77. The molecule has 5 atom stereocenters. The highest BCUT2D eigenvalue weighted by Gasteiger charge is 2.50. The lowest BCUT2D eigenvalue weighted by Gasteiger charge is -2.18. The van der Waals surface area contributed by atoms with Gasteiger partial charge in [0.15, 0.2) is 24.6 Å². The van der Waals surface area contributed by atoms with Crippen LogP contribution in [0.25, 0.3) is 0 Å². The van der Waals surface area contributed by atoms with E-state index in [1.54, 1.807) is 13.1 Å². The van der Waals surface area contributed by atoms with Crippen molar-refractivity contribution in [3.63, 3.8) is 0 Å². The highest BCUT2D eigenvalue weighted by atomic mass is 16.6. The van der Waals surface area contributed by atoms with Gasteiger partial charge in [0.25, 0.3) is 0 Å². The van der Waals surface area contributed by atoms with Gasteiger partial charge in [-0.2, -0.15) is 4.57 Å². The molecule has 30 heavy (non-hydrogen) atoms. The average Bonchev–Trinajstić information content (AvgIpc) is 3.00. The van der Waals surface area contributed by atoms with Crippen LogP contribution in [0.2, 0.25) is 0 Å². The number of carboxylic acid groups (broad SMARTS) is 1. The topological polar surface area (TPSA) is 150 Å². The number of nitrogens with zero attached hydrogens (tertiary/aromatic N) is 1. The fraction of sp³-hybridized carbons (Fsp3) is 0.526. The van der Waals surface area contributed by atoms with Crippen molar-refractivity contribution >= 4 is 23.9 Å². The first-order valence-corrected chi connectivity index (χ1v) is 9.12. The number of pyridine rings is 1. The van der Waals surface area contributed by atoms with Gasteiger partial charge in [0, 0.05) is 18.9 Å². The Balaban J connectivity index is 2.10. The zero-order valence-corrected chi connectivity index (χ0v) is 16.7. The van der Waals surface area contributed by atoms with Crippen LogP contribution in [0.5, 0.6) is 0 Å². The summed E-state index contributed by atoms with van der Waals surface area (Å²) < 4.78 is 22.1. The molecule has 1 aromatic rings. The summed E-state index contributed by atoms with van der Waals surface area (Å²) in [4.78, 5) is 45.8. The number of carbonyl (C=O) groups excluding carboxylic acids is 3. The number of ether oxygens (including phenoxy) is 4. The van der Waals surface area contributed by atoms with Crippen molar-refractivity contribution < 1.29 is 52.9 Å². The van der Waals surface area contributed by atoms with E-state index in [4.69, 9.17) is 14.2 Å². The molecule has 11 nitrogen and oxygen atoms in total. The van der Waals surface area contributed by atoms with E-state index in [-0.39, 0.29) is 12.2 Å². The quantitative estimate of drug-likeness (QED) is 0.319. The van der Waals surface area contributed by atoms with Crippen LogP contribution in [-0.2, 0) is 33.3 Å². The van der Waals surface area contributed by atoms with Crippen LogP contribution in [0, 0.1) is 5.92 Å². The minimum Gasteiger partial charge on any atom is -0.477 e. The van der Waals surface area contributed by atoms with Gasteiger partial charge < -0.3 is 29.2 Å². The summed E-state index contributed by atoms with van der Waals surface area (Å²) in [6.45, 7) is 2.75. The lowest BCUT2D eigenvalue weighted by Crippen LogP contribution is -2.46. The average molecular weight is 426 g/mol. The molecule has 0 unspecified atom stereocenters. The number of carbonyl (C=O) groups is 4. The molecule has 0 aromatic carbocycles. The number of aromatic carboxylic acids is 1. The summed E-state index contributed by atoms with van der Waals surface area (Å²) in [6.07, 6.45) is -1.59. The van der Waals surface area contributed by atoms with Crippen molar-refractivity contribution in [3.05, 3.63) is 30.1 Å². The van der Waals surface area contributed by atoms with Crippen LogP contribution in [0.1, 0.15) is 36.9 Å². The monoisotopic (exact) mass is 426 g/mol. The second kappa shape index (κ2) is 10.1. The predicted molar refractivity (Wildman–Crippen MR) is 95.8 cm³/mol. The number of aliphatic hydroxyl groups is 1. The maximum Gasteiger partial charge on any atom is 0.341 e. The van der Waals surface area contributed by atoms with Gasteiger partial charge >= 0.3 is 30.1 Å². The number of aliphatic hydroxyl groups excluding tert-OH is 1. The van der Waals surface area contributed by atoms with Crippen molar-refractivity contribution in [2.24, 2.45) is 5.92 Å². The maximum absolute atomic E-state index is 11.9. The lowest BCUT2D eigenvalue weighted by atomic mass is 10.0. The van der Waals surface area contributed by atoms with E-state index in [1.807, 2.05) is 0 Å². The molecule has 2 heterocycles. The number of aromatic nitrogens is 1. The van der Waals surface area contributed by atoms with Crippen LogP contribution in [0.15, 0.2) is 24.5 Å². The van der Waals surface area contributed by atoms with E-state index in [2.05, 4.69) is 4.74 Å². The molecule has 0 aliphatic carbocycles. The lowest BCUT2D eigenvalue weighted by molar-refractivity contribution is -0.765. The number of hydrogen-bond donors (Lipinski definition) is 2. The molecule has 0 saturated carbocycles. The molecular formula is C19H24NO10+. The predicted octanol–water partition coefficient (Wildman–Crippen LogP) is -0.395. The first kappa shape index (κ1) is 23.2. The van der Waals surface area contributed by atoms with Gasteiger partial charge in [-0.1, -0.05) is 6.92 Å². The molecule has 11 heteroatoms. The molecule has 0 spiro atoms. The normalized spacial score (nSPS) is 24.0. The van der Waals surface area contributed by atoms with Crippen molar-refractivity contribution in [3.8, 4) is 0 Å². The van der Waals surface area contributed by atoms with E-state index >= 15 is 0 Å². The summed E-state index contributed by atoms with van der Waals surface area (Å²) >= 11 is 0. The molecular weight excluding hydrogens is 402 g/mol. The standard InChI is InChI=1S/C19H23NO10/c1-10-14(9-28-15(23)7-13(22)19(26)27-3)30-17(16(10)29-11(2)21)20-6-4-5-12(8-20)18(24)25/h4-6,8,10,13-14,16-17,22H,7,9H2,1-3H3/p+1/t10-,13+,14-,16-,17-/m1/s1. The maximum atomic E-state index is 11.9. The zero-order valence-electron chi connectivity index (χ0n) is 16.7. The van der Waals surface area contributed by atoms with Crippen LogP contribution >= 0.6 is 0 Å². The molecule has 1 aromatic heterocycles. The van der Waals surface area contributed by atoms with E-state index < -0.39 is 60.8 Å². The summed E-state index contributed by atoms with van der Waals surface area (Å²) in [5.41, 5.74) is 0.0157. The third kappa shape index (κ3) is 5.74. The Hall–Kier alpha value is -3.05. The van der Waals surface area contributed by atoms with Crippen molar-refractivity contribution in [2.45, 2.75) is 44.8 Å². The highest BCUT2D eigenvalue weighted by molar-refractivity contribution is 5.86. The van der Waals surface area contributed by atoms with Crippen LogP contribution in [0.4, 0.5) is 0 Å². The summed E-state index contributed by atoms with van der Waals surface area (Å²) in [5, 5.41) is 18.7. The van der Waals surface area contributed by atoms with E-state index in [1.165, 1.54) is 29.8 Å². The number of carboxylic acids is 1. The second-order valence-electron chi connectivity index (χ2n) is 6.77. The van der Waals surface area contributed by atoms with Crippen molar-refractivity contribution in [2.75, 3.05) is 13.7 Å². The number of esters is 3. The molecule has 1 saturated heterocycles. The van der Waals surface area contributed by atoms with Crippen LogP contribution in [-0.4, -0.2) is 66.1 Å². The van der Waals surface area contributed by atoms with E-state index in [0.717, 1.165) is 7.11 Å². The molecule has 2 rings (SSSR count). The Bertz CT molecular complexity index is 810. The Labute approximate surface area is 172 Å². The Morgan fingerprint density at radius 2 is 2.00 bits per heavy atom. The van der Waals surface area contributed by atoms with E-state index in [0.29, 0.717) is 0 Å². The summed E-state index contributed by atoms with van der Waals surface area (Å²) in [6, 6.07) is 2.92. The smallest absolute Gasteiger partial charge is 0.341 e. The van der Waals surface area contributed by atoms with Crippen LogP contribution in [0.3, 0.4) is 0 Å².